The van der Waals surface area contributed by atoms with E-state index in [0.717, 1.165) is 60.6 Å². The van der Waals surface area contributed by atoms with E-state index >= 15 is 0 Å². The van der Waals surface area contributed by atoms with Gasteiger partial charge in [-0.25, -0.2) is 0 Å². The van der Waals surface area contributed by atoms with E-state index in [2.05, 4.69) is 231 Å². The molecular formula is C68H40O2. The summed E-state index contributed by atoms with van der Waals surface area (Å²) in [6.45, 7) is 0. The molecule has 2 nitrogen and oxygen atoms in total. The summed E-state index contributed by atoms with van der Waals surface area (Å²) in [5.41, 5.74) is 15.2. The van der Waals surface area contributed by atoms with Crippen LogP contribution in [0.5, 0.6) is 0 Å². The standard InChI is InChI=1S/C68H40O2/c1-3-15-41(16-4-1)45-29-34-55-57(36-45)66(48-31-33-53-51-23-12-14-26-62(51)70-64(53)38-48)59-39-56-49-21-9-10-24-54(49)68(46-28-27-42-17-7-8-20-44(42)35-46)67(43-18-5-2-6-19-43)58(56)40-60(59)65(55)47-30-32-52-50-22-11-13-25-61(50)69-63(52)37-47/h1-40H. The topological polar surface area (TPSA) is 26.3 Å². The van der Waals surface area contributed by atoms with Crippen LogP contribution in [0.1, 0.15) is 0 Å². The molecule has 13 aromatic carbocycles. The normalized spacial score (nSPS) is 12.0. The van der Waals surface area contributed by atoms with Crippen LogP contribution in [0.15, 0.2) is 251 Å². The zero-order valence-corrected chi connectivity index (χ0v) is 37.9. The molecule has 0 aliphatic heterocycles. The average Bonchev–Trinajstić information content (AvgIpc) is 3.99. The minimum Gasteiger partial charge on any atom is -0.456 e. The number of rotatable bonds is 5. The summed E-state index contributed by atoms with van der Waals surface area (Å²) >= 11 is 0. The molecule has 0 saturated carbocycles. The molecule has 0 saturated heterocycles. The number of furan rings is 2. The molecule has 0 aliphatic rings. The second kappa shape index (κ2) is 15.1. The maximum Gasteiger partial charge on any atom is 0.136 e. The van der Waals surface area contributed by atoms with Crippen molar-refractivity contribution in [3.63, 3.8) is 0 Å². The van der Waals surface area contributed by atoms with E-state index in [0.29, 0.717) is 0 Å². The summed E-state index contributed by atoms with van der Waals surface area (Å²) in [4.78, 5) is 0. The largest absolute Gasteiger partial charge is 0.456 e. The van der Waals surface area contributed by atoms with Gasteiger partial charge in [-0.1, -0.05) is 182 Å². The van der Waals surface area contributed by atoms with Crippen molar-refractivity contribution in [1.82, 2.24) is 0 Å². The molecule has 70 heavy (non-hydrogen) atoms. The highest BCUT2D eigenvalue weighted by Gasteiger charge is 2.24. The second-order valence-corrected chi connectivity index (χ2v) is 18.7. The van der Waals surface area contributed by atoms with Gasteiger partial charge in [0.1, 0.15) is 22.3 Å². The van der Waals surface area contributed by atoms with Crippen LogP contribution in [0.3, 0.4) is 0 Å². The van der Waals surface area contributed by atoms with Gasteiger partial charge in [0, 0.05) is 21.5 Å². The van der Waals surface area contributed by atoms with Crippen LogP contribution < -0.4 is 0 Å². The van der Waals surface area contributed by atoms with E-state index in [-0.39, 0.29) is 0 Å². The van der Waals surface area contributed by atoms with Crippen molar-refractivity contribution in [2.24, 2.45) is 0 Å². The second-order valence-electron chi connectivity index (χ2n) is 18.7. The van der Waals surface area contributed by atoms with Gasteiger partial charge in [0.2, 0.25) is 0 Å². The van der Waals surface area contributed by atoms with Crippen LogP contribution in [-0.2, 0) is 0 Å². The lowest BCUT2D eigenvalue weighted by atomic mass is 9.80. The lowest BCUT2D eigenvalue weighted by Gasteiger charge is -2.23. The number of fused-ring (bicyclic) bond motifs is 12. The Kier molecular flexibility index (Phi) is 8.39. The summed E-state index contributed by atoms with van der Waals surface area (Å²) in [7, 11) is 0. The first kappa shape index (κ1) is 38.8. The van der Waals surface area contributed by atoms with E-state index in [4.69, 9.17) is 8.83 Å². The van der Waals surface area contributed by atoms with E-state index in [1.54, 1.807) is 0 Å². The zero-order valence-electron chi connectivity index (χ0n) is 37.9. The summed E-state index contributed by atoms with van der Waals surface area (Å²) < 4.78 is 13.3. The van der Waals surface area contributed by atoms with Crippen molar-refractivity contribution in [3.05, 3.63) is 243 Å². The van der Waals surface area contributed by atoms with E-state index in [1.807, 2.05) is 12.1 Å². The predicted molar refractivity (Wildman–Crippen MR) is 296 cm³/mol. The van der Waals surface area contributed by atoms with Gasteiger partial charge in [-0.3, -0.25) is 0 Å². The molecule has 0 aliphatic carbocycles. The van der Waals surface area contributed by atoms with Crippen molar-refractivity contribution in [2.75, 3.05) is 0 Å². The minimum atomic E-state index is 0.871. The fraction of sp³-hybridized carbons (Fsp3) is 0. The Bertz CT molecular complexity index is 4630. The van der Waals surface area contributed by atoms with Crippen molar-refractivity contribution >= 4 is 97.7 Å². The molecule has 2 heterocycles. The van der Waals surface area contributed by atoms with Crippen molar-refractivity contribution < 1.29 is 8.83 Å². The van der Waals surface area contributed by atoms with E-state index in [1.165, 1.54) is 92.8 Å². The number of benzene rings is 13. The smallest absolute Gasteiger partial charge is 0.136 e. The van der Waals surface area contributed by atoms with Gasteiger partial charge in [0.05, 0.1) is 0 Å². The maximum atomic E-state index is 6.65. The Morgan fingerprint density at radius 3 is 1.26 bits per heavy atom. The lowest BCUT2D eigenvalue weighted by Crippen LogP contribution is -1.95. The maximum absolute atomic E-state index is 6.65. The average molecular weight is 889 g/mol. The highest BCUT2D eigenvalue weighted by molar-refractivity contribution is 6.30. The van der Waals surface area contributed by atoms with Gasteiger partial charge < -0.3 is 8.83 Å². The third-order valence-electron chi connectivity index (χ3n) is 14.8. The molecule has 2 aromatic heterocycles. The number of para-hydroxylation sites is 2. The molecule has 0 spiro atoms. The first-order chi connectivity index (χ1) is 34.7. The number of hydrogen-bond acceptors (Lipinski definition) is 2. The fourth-order valence-electron chi connectivity index (χ4n) is 11.7. The van der Waals surface area contributed by atoms with Crippen LogP contribution in [0, 0.1) is 0 Å². The molecule has 15 rings (SSSR count). The van der Waals surface area contributed by atoms with Gasteiger partial charge in [0.15, 0.2) is 0 Å². The predicted octanol–water partition coefficient (Wildman–Crippen LogP) is 19.6. The van der Waals surface area contributed by atoms with Crippen LogP contribution in [0.4, 0.5) is 0 Å². The van der Waals surface area contributed by atoms with Gasteiger partial charge in [-0.2, -0.15) is 0 Å². The molecular weight excluding hydrogens is 849 g/mol. The third kappa shape index (κ3) is 5.87. The van der Waals surface area contributed by atoms with Gasteiger partial charge in [-0.05, 0) is 170 Å². The third-order valence-corrected chi connectivity index (χ3v) is 14.8. The van der Waals surface area contributed by atoms with Crippen LogP contribution in [0.25, 0.3) is 153 Å². The molecule has 0 bridgehead atoms. The molecule has 0 atom stereocenters. The van der Waals surface area contributed by atoms with Crippen molar-refractivity contribution in [1.29, 1.82) is 0 Å². The van der Waals surface area contributed by atoms with Crippen LogP contribution in [-0.4, -0.2) is 0 Å². The van der Waals surface area contributed by atoms with Crippen LogP contribution >= 0.6 is 0 Å². The first-order valence-electron chi connectivity index (χ1n) is 24.1. The Morgan fingerprint density at radius 2 is 0.586 bits per heavy atom. The Labute approximate surface area is 402 Å². The molecule has 0 amide bonds. The van der Waals surface area contributed by atoms with Gasteiger partial charge in [0.25, 0.3) is 0 Å². The molecule has 0 N–H and O–H groups in total. The summed E-state index contributed by atoms with van der Waals surface area (Å²) in [5, 5.41) is 16.4. The number of hydrogen-bond donors (Lipinski definition) is 0. The van der Waals surface area contributed by atoms with Crippen molar-refractivity contribution in [2.45, 2.75) is 0 Å². The Hall–Kier alpha value is -9.24. The Balaban J connectivity index is 1.15. The highest BCUT2D eigenvalue weighted by Crippen LogP contribution is 2.51. The highest BCUT2D eigenvalue weighted by atomic mass is 16.3. The van der Waals surface area contributed by atoms with Gasteiger partial charge >= 0.3 is 0 Å². The molecule has 0 unspecified atom stereocenters. The molecule has 0 fully saturated rings. The lowest BCUT2D eigenvalue weighted by molar-refractivity contribution is 0.668. The molecule has 324 valence electrons. The summed E-state index contributed by atoms with van der Waals surface area (Å²) in [5.74, 6) is 0. The molecule has 15 aromatic rings. The van der Waals surface area contributed by atoms with E-state index in [9.17, 15) is 0 Å². The first-order valence-corrected chi connectivity index (χ1v) is 24.1. The zero-order chi connectivity index (χ0) is 45.9. The molecule has 0 radical (unpaired) electrons. The van der Waals surface area contributed by atoms with E-state index < -0.39 is 0 Å². The summed E-state index contributed by atoms with van der Waals surface area (Å²) in [6, 6.07) is 88.7. The summed E-state index contributed by atoms with van der Waals surface area (Å²) in [6.07, 6.45) is 0. The van der Waals surface area contributed by atoms with Crippen molar-refractivity contribution in [3.8, 4) is 55.6 Å². The van der Waals surface area contributed by atoms with Gasteiger partial charge in [-0.15, -0.1) is 0 Å². The molecule has 2 heteroatoms. The monoisotopic (exact) mass is 888 g/mol. The fourth-order valence-corrected chi connectivity index (χ4v) is 11.7. The quantitative estimate of drug-likeness (QED) is 0.127. The Morgan fingerprint density at radius 1 is 0.171 bits per heavy atom. The SMILES string of the molecule is c1ccc(-c2ccc3c(-c4ccc5c(c4)oc4ccccc45)c4cc5c(-c6ccccc6)c(-c6ccc7ccccc7c6)c6ccccc6c5cc4c(-c4ccc5c(c4)oc4ccccc45)c3c2)cc1. The van der Waals surface area contributed by atoms with Crippen LogP contribution in [0.2, 0.25) is 0 Å². The minimum absolute atomic E-state index is 0.871.